The summed E-state index contributed by atoms with van der Waals surface area (Å²) in [6.45, 7) is 6.72. The van der Waals surface area contributed by atoms with E-state index >= 15 is 0 Å². The van der Waals surface area contributed by atoms with Gasteiger partial charge in [0.15, 0.2) is 0 Å². The van der Waals surface area contributed by atoms with Crippen molar-refractivity contribution in [3.05, 3.63) is 0 Å². The van der Waals surface area contributed by atoms with Gasteiger partial charge in [-0.15, -0.1) is 0 Å². The van der Waals surface area contributed by atoms with Crippen LogP contribution in [0, 0.1) is 0 Å². The first-order valence-corrected chi connectivity index (χ1v) is 8.98. The Balaban J connectivity index is 1.66. The lowest BCUT2D eigenvalue weighted by atomic mass is 9.80. The molecule has 2 N–H and O–H groups in total. The second kappa shape index (κ2) is 8.74. The monoisotopic (exact) mass is 295 g/mol. The largest absolute Gasteiger partial charge is 0.355 e. The van der Waals surface area contributed by atoms with Crippen LogP contribution < -0.4 is 10.6 Å². The third-order valence-corrected chi connectivity index (χ3v) is 4.98. The zero-order chi connectivity index (χ0) is 15.0. The van der Waals surface area contributed by atoms with Crippen molar-refractivity contribution in [2.24, 2.45) is 0 Å². The van der Waals surface area contributed by atoms with E-state index < -0.39 is 0 Å². The van der Waals surface area contributed by atoms with Crippen molar-refractivity contribution in [2.45, 2.75) is 70.3 Å². The first kappa shape index (κ1) is 16.8. The predicted octanol–water partition coefficient (Wildman–Crippen LogP) is 2.29. The summed E-state index contributed by atoms with van der Waals surface area (Å²) >= 11 is 0. The highest BCUT2D eigenvalue weighted by molar-refractivity contribution is 5.78. The van der Waals surface area contributed by atoms with Crippen LogP contribution in [-0.4, -0.2) is 49.1 Å². The number of amides is 1. The van der Waals surface area contributed by atoms with Crippen molar-refractivity contribution in [3.63, 3.8) is 0 Å². The van der Waals surface area contributed by atoms with Gasteiger partial charge in [-0.1, -0.05) is 45.4 Å². The Morgan fingerprint density at radius 1 is 1.19 bits per heavy atom. The second-order valence-electron chi connectivity index (χ2n) is 6.89. The van der Waals surface area contributed by atoms with Crippen molar-refractivity contribution < 1.29 is 4.79 Å². The third kappa shape index (κ3) is 5.59. The minimum atomic E-state index is 0.208. The van der Waals surface area contributed by atoms with Crippen molar-refractivity contribution >= 4 is 5.91 Å². The Morgan fingerprint density at radius 2 is 2.00 bits per heavy atom. The molecule has 1 saturated carbocycles. The fraction of sp³-hybridized carbons (Fsp3) is 0.941. The molecule has 1 aliphatic carbocycles. The summed E-state index contributed by atoms with van der Waals surface area (Å²) in [6.07, 6.45) is 11.5. The number of carbonyl (C=O) groups is 1. The zero-order valence-electron chi connectivity index (χ0n) is 13.8. The van der Waals surface area contributed by atoms with Crippen molar-refractivity contribution in [2.75, 3.05) is 32.7 Å². The molecular weight excluding hydrogens is 262 g/mol. The molecule has 2 fully saturated rings. The number of hydrogen-bond acceptors (Lipinski definition) is 3. The third-order valence-electron chi connectivity index (χ3n) is 4.98. The number of rotatable bonds is 7. The van der Waals surface area contributed by atoms with Gasteiger partial charge >= 0.3 is 0 Å². The lowest BCUT2D eigenvalue weighted by molar-refractivity contribution is -0.122. The van der Waals surface area contributed by atoms with Gasteiger partial charge in [-0.05, 0) is 19.3 Å². The topological polar surface area (TPSA) is 44.4 Å². The molecule has 122 valence electrons. The molecule has 4 nitrogen and oxygen atoms in total. The number of nitrogens with one attached hydrogen (secondary N) is 2. The molecule has 0 aromatic heterocycles. The first-order valence-electron chi connectivity index (χ1n) is 8.98. The van der Waals surface area contributed by atoms with Gasteiger partial charge in [-0.2, -0.15) is 0 Å². The summed E-state index contributed by atoms with van der Waals surface area (Å²) in [5.41, 5.74) is 0.303. The number of carbonyl (C=O) groups excluding carboxylic acids is 1. The lowest BCUT2D eigenvalue weighted by Gasteiger charge is -2.46. The standard InChI is InChI=1S/C17H33N3O/c1-2-3-4-8-11-18-16(21)14-20-13-12-19-17(15-20)9-6-5-7-10-17/h19H,2-15H2,1H3,(H,18,21). The zero-order valence-corrected chi connectivity index (χ0v) is 13.8. The van der Waals surface area contributed by atoms with E-state index in [1.165, 1.54) is 51.4 Å². The number of piperazine rings is 1. The fourth-order valence-corrected chi connectivity index (χ4v) is 3.78. The van der Waals surface area contributed by atoms with E-state index in [-0.39, 0.29) is 5.91 Å². The van der Waals surface area contributed by atoms with E-state index in [1.807, 2.05) is 0 Å². The normalized spacial score (nSPS) is 22.3. The average molecular weight is 295 g/mol. The second-order valence-corrected chi connectivity index (χ2v) is 6.89. The predicted molar refractivity (Wildman–Crippen MR) is 87.4 cm³/mol. The van der Waals surface area contributed by atoms with Crippen LogP contribution in [0.4, 0.5) is 0 Å². The van der Waals surface area contributed by atoms with Gasteiger partial charge in [0.25, 0.3) is 0 Å². The van der Waals surface area contributed by atoms with E-state index in [0.717, 1.165) is 32.6 Å². The minimum Gasteiger partial charge on any atom is -0.355 e. The van der Waals surface area contributed by atoms with Gasteiger partial charge in [0.2, 0.25) is 5.91 Å². The van der Waals surface area contributed by atoms with E-state index in [9.17, 15) is 4.79 Å². The molecule has 21 heavy (non-hydrogen) atoms. The molecule has 4 heteroatoms. The van der Waals surface area contributed by atoms with Crippen LogP contribution in [0.5, 0.6) is 0 Å². The quantitative estimate of drug-likeness (QED) is 0.708. The Morgan fingerprint density at radius 3 is 2.76 bits per heavy atom. The summed E-state index contributed by atoms with van der Waals surface area (Å²) in [4.78, 5) is 14.4. The van der Waals surface area contributed by atoms with Crippen LogP contribution in [0.3, 0.4) is 0 Å². The first-order chi connectivity index (χ1) is 10.2. The average Bonchev–Trinajstić information content (AvgIpc) is 2.48. The number of unbranched alkanes of at least 4 members (excludes halogenated alkanes) is 3. The molecule has 2 aliphatic rings. The number of nitrogens with zero attached hydrogens (tertiary/aromatic N) is 1. The Bertz CT molecular complexity index is 308. The highest BCUT2D eigenvalue weighted by Crippen LogP contribution is 2.30. The number of hydrogen-bond donors (Lipinski definition) is 2. The van der Waals surface area contributed by atoms with E-state index in [2.05, 4.69) is 22.5 Å². The molecule has 0 bridgehead atoms. The van der Waals surface area contributed by atoms with Crippen LogP contribution in [0.1, 0.15) is 64.7 Å². The molecule has 1 amide bonds. The van der Waals surface area contributed by atoms with Crippen LogP contribution in [0.2, 0.25) is 0 Å². The van der Waals surface area contributed by atoms with Gasteiger partial charge in [-0.3, -0.25) is 9.69 Å². The van der Waals surface area contributed by atoms with Crippen LogP contribution in [0.25, 0.3) is 0 Å². The van der Waals surface area contributed by atoms with E-state index in [1.54, 1.807) is 0 Å². The Hall–Kier alpha value is -0.610. The maximum absolute atomic E-state index is 12.0. The van der Waals surface area contributed by atoms with E-state index in [4.69, 9.17) is 0 Å². The summed E-state index contributed by atoms with van der Waals surface area (Å²) < 4.78 is 0. The molecule has 0 aromatic carbocycles. The molecule has 0 aromatic rings. The maximum Gasteiger partial charge on any atom is 0.234 e. The van der Waals surface area contributed by atoms with Crippen molar-refractivity contribution in [1.29, 1.82) is 0 Å². The van der Waals surface area contributed by atoms with Gasteiger partial charge in [0, 0.05) is 31.7 Å². The summed E-state index contributed by atoms with van der Waals surface area (Å²) in [5.74, 6) is 0.208. The smallest absolute Gasteiger partial charge is 0.234 e. The molecule has 1 aliphatic heterocycles. The maximum atomic E-state index is 12.0. The summed E-state index contributed by atoms with van der Waals surface area (Å²) in [7, 11) is 0. The highest BCUT2D eigenvalue weighted by Gasteiger charge is 2.36. The van der Waals surface area contributed by atoms with Gasteiger partial charge in [0.1, 0.15) is 0 Å². The van der Waals surface area contributed by atoms with Crippen LogP contribution in [0.15, 0.2) is 0 Å². The fourth-order valence-electron chi connectivity index (χ4n) is 3.78. The molecular formula is C17H33N3O. The molecule has 0 radical (unpaired) electrons. The Kier molecular flexibility index (Phi) is 6.97. The molecule has 1 heterocycles. The molecule has 0 unspecified atom stereocenters. The van der Waals surface area contributed by atoms with Crippen LogP contribution >= 0.6 is 0 Å². The minimum absolute atomic E-state index is 0.208. The SMILES string of the molecule is CCCCCCNC(=O)CN1CCNC2(CCCCC2)C1. The van der Waals surface area contributed by atoms with Gasteiger partial charge < -0.3 is 10.6 Å². The summed E-state index contributed by atoms with van der Waals surface area (Å²) in [6, 6.07) is 0. The lowest BCUT2D eigenvalue weighted by Crippen LogP contribution is -2.62. The van der Waals surface area contributed by atoms with E-state index in [0.29, 0.717) is 12.1 Å². The molecule has 1 saturated heterocycles. The molecule has 1 spiro atoms. The highest BCUT2D eigenvalue weighted by atomic mass is 16.2. The van der Waals surface area contributed by atoms with Crippen molar-refractivity contribution in [1.82, 2.24) is 15.5 Å². The summed E-state index contributed by atoms with van der Waals surface area (Å²) in [5, 5.41) is 6.81. The van der Waals surface area contributed by atoms with Gasteiger partial charge in [-0.25, -0.2) is 0 Å². The van der Waals surface area contributed by atoms with Crippen molar-refractivity contribution in [3.8, 4) is 0 Å². The van der Waals surface area contributed by atoms with Gasteiger partial charge in [0.05, 0.1) is 6.54 Å². The Labute approximate surface area is 130 Å². The molecule has 0 atom stereocenters. The van der Waals surface area contributed by atoms with Crippen LogP contribution in [-0.2, 0) is 4.79 Å². The molecule has 2 rings (SSSR count).